The Morgan fingerprint density at radius 2 is 2.23 bits per heavy atom. The van der Waals surface area contributed by atoms with Gasteiger partial charge in [-0.1, -0.05) is 0 Å². The zero-order valence-corrected chi connectivity index (χ0v) is 7.92. The van der Waals surface area contributed by atoms with Crippen LogP contribution in [0.1, 0.15) is 12.0 Å². The summed E-state index contributed by atoms with van der Waals surface area (Å²) in [5.41, 5.74) is 7.88. The van der Waals surface area contributed by atoms with Crippen molar-refractivity contribution in [3.63, 3.8) is 0 Å². The van der Waals surface area contributed by atoms with Crippen molar-refractivity contribution in [3.8, 4) is 0 Å². The Balaban J connectivity index is 2.61. The lowest BCUT2D eigenvalue weighted by Gasteiger charge is -2.14. The molecule has 0 fully saturated rings. The van der Waals surface area contributed by atoms with E-state index in [1.807, 2.05) is 6.07 Å². The molecule has 1 aliphatic heterocycles. The first-order valence-electron chi connectivity index (χ1n) is 4.09. The maximum Gasteiger partial charge on any atom is 0.221 e. The van der Waals surface area contributed by atoms with Gasteiger partial charge in [-0.05, 0) is 12.5 Å². The molecule has 1 aromatic rings. The van der Waals surface area contributed by atoms with Gasteiger partial charge in [0.1, 0.15) is 0 Å². The zero-order valence-electron chi connectivity index (χ0n) is 7.03. The fraction of sp³-hybridized carbons (Fsp3) is 0.222. The Kier molecular flexibility index (Phi) is 1.92. The average molecular weight is 194 g/mol. The van der Waals surface area contributed by atoms with E-state index in [-0.39, 0.29) is 0 Å². The normalized spacial score (nSPS) is 15.0. The number of benzene rings is 1. The fourth-order valence-electron chi connectivity index (χ4n) is 1.48. The highest BCUT2D eigenvalue weighted by atomic mass is 32.1. The molecule has 0 radical (unpaired) electrons. The number of thiol groups is 1. The fourth-order valence-corrected chi connectivity index (χ4v) is 1.70. The Bertz CT molecular complexity index is 387. The molecule has 0 saturated carbocycles. The van der Waals surface area contributed by atoms with Crippen molar-refractivity contribution in [2.24, 2.45) is 0 Å². The number of nitrogen functional groups attached to an aromatic ring is 1. The van der Waals surface area contributed by atoms with Crippen LogP contribution in [0.25, 0.3) is 0 Å². The van der Waals surface area contributed by atoms with E-state index in [1.165, 1.54) is 0 Å². The first kappa shape index (κ1) is 8.44. The third-order valence-corrected chi connectivity index (χ3v) is 2.56. The molecule has 13 heavy (non-hydrogen) atoms. The van der Waals surface area contributed by atoms with E-state index in [0.29, 0.717) is 11.4 Å². The van der Waals surface area contributed by atoms with Gasteiger partial charge >= 0.3 is 0 Å². The molecule has 1 heterocycles. The third kappa shape index (κ3) is 1.37. The van der Waals surface area contributed by atoms with Gasteiger partial charge in [0.25, 0.3) is 0 Å². The van der Waals surface area contributed by atoms with Gasteiger partial charge in [0.15, 0.2) is 6.21 Å². The molecule has 1 aromatic carbocycles. The van der Waals surface area contributed by atoms with E-state index in [4.69, 9.17) is 5.73 Å². The van der Waals surface area contributed by atoms with Gasteiger partial charge < -0.3 is 10.9 Å². The highest BCUT2D eigenvalue weighted by molar-refractivity contribution is 7.80. The van der Waals surface area contributed by atoms with Gasteiger partial charge in [-0.2, -0.15) is 4.74 Å². The van der Waals surface area contributed by atoms with Crippen molar-refractivity contribution in [1.82, 2.24) is 0 Å². The quantitative estimate of drug-likeness (QED) is 0.286. The smallest absolute Gasteiger partial charge is 0.221 e. The van der Waals surface area contributed by atoms with Crippen LogP contribution >= 0.6 is 12.6 Å². The number of hydrogen-bond acceptors (Lipinski definition) is 3. The summed E-state index contributed by atoms with van der Waals surface area (Å²) >= 11 is 4.21. The summed E-state index contributed by atoms with van der Waals surface area (Å²) in [4.78, 5) is 0.744. The van der Waals surface area contributed by atoms with Crippen molar-refractivity contribution >= 4 is 30.2 Å². The molecule has 2 rings (SSSR count). The van der Waals surface area contributed by atoms with Crippen LogP contribution in [0.4, 0.5) is 11.4 Å². The van der Waals surface area contributed by atoms with Crippen molar-refractivity contribution in [3.05, 3.63) is 22.9 Å². The van der Waals surface area contributed by atoms with Crippen molar-refractivity contribution in [1.29, 1.82) is 0 Å². The molecule has 0 saturated heterocycles. The van der Waals surface area contributed by atoms with E-state index in [1.54, 1.807) is 12.3 Å². The number of aryl methyl sites for hydroxylation is 1. The molecule has 0 aliphatic carbocycles. The van der Waals surface area contributed by atoms with Crippen LogP contribution in [-0.4, -0.2) is 11.0 Å². The molecule has 0 unspecified atom stereocenters. The molecular weight excluding hydrogens is 184 g/mol. The lowest BCUT2D eigenvalue weighted by Crippen LogP contribution is -2.08. The van der Waals surface area contributed by atoms with Gasteiger partial charge in [0.2, 0.25) is 5.69 Å². The van der Waals surface area contributed by atoms with Crippen molar-refractivity contribution < 1.29 is 4.74 Å². The van der Waals surface area contributed by atoms with Gasteiger partial charge in [-0.25, -0.2) is 0 Å². The summed E-state index contributed by atoms with van der Waals surface area (Å²) in [7, 11) is 0. The monoisotopic (exact) mass is 194 g/mol. The van der Waals surface area contributed by atoms with Gasteiger partial charge in [0.05, 0.1) is 5.69 Å². The van der Waals surface area contributed by atoms with Crippen molar-refractivity contribution in [2.45, 2.75) is 17.7 Å². The molecule has 0 aromatic heterocycles. The molecule has 4 heteroatoms. The van der Waals surface area contributed by atoms with Crippen molar-refractivity contribution in [2.75, 3.05) is 5.73 Å². The molecule has 0 spiro atoms. The van der Waals surface area contributed by atoms with Crippen LogP contribution in [0.3, 0.4) is 0 Å². The van der Waals surface area contributed by atoms with E-state index in [0.717, 1.165) is 28.0 Å². The second kappa shape index (κ2) is 2.96. The van der Waals surface area contributed by atoms with E-state index in [9.17, 15) is 5.21 Å². The summed E-state index contributed by atoms with van der Waals surface area (Å²) in [5, 5.41) is 11.3. The van der Waals surface area contributed by atoms with Crippen LogP contribution in [0, 0.1) is 5.21 Å². The van der Waals surface area contributed by atoms with Crippen LogP contribution in [-0.2, 0) is 6.42 Å². The van der Waals surface area contributed by atoms with Crippen LogP contribution < -0.4 is 5.73 Å². The Morgan fingerprint density at radius 1 is 1.46 bits per heavy atom. The number of hydrogen-bond donors (Lipinski definition) is 2. The Labute approximate surface area is 81.9 Å². The largest absolute Gasteiger partial charge is 0.619 e. The van der Waals surface area contributed by atoms with Gasteiger partial charge in [-0.3, -0.25) is 0 Å². The minimum atomic E-state index is 0.554. The van der Waals surface area contributed by atoms with E-state index >= 15 is 0 Å². The lowest BCUT2D eigenvalue weighted by molar-refractivity contribution is -0.359. The van der Waals surface area contributed by atoms with Gasteiger partial charge in [-0.15, -0.1) is 12.6 Å². The molecule has 2 N–H and O–H groups in total. The van der Waals surface area contributed by atoms with E-state index < -0.39 is 0 Å². The first-order valence-corrected chi connectivity index (χ1v) is 4.54. The average Bonchev–Trinajstić information content (AvgIpc) is 2.09. The first-order chi connectivity index (χ1) is 6.18. The number of fused-ring (bicyclic) bond motifs is 1. The number of rotatable bonds is 0. The van der Waals surface area contributed by atoms with Crippen LogP contribution in [0.5, 0.6) is 0 Å². The highest BCUT2D eigenvalue weighted by Crippen LogP contribution is 2.30. The molecule has 1 aliphatic rings. The minimum absolute atomic E-state index is 0.554. The molecule has 0 amide bonds. The molecule has 0 atom stereocenters. The standard InChI is InChI=1S/C9H10N2OS/c10-7-5-8-6(4-9(7)13)2-1-3-11(8)12/h3-5,13H,1-2,10H2. The summed E-state index contributed by atoms with van der Waals surface area (Å²) in [6.07, 6.45) is 3.30. The Hall–Kier alpha value is -1.16. The molecule has 68 valence electrons. The zero-order chi connectivity index (χ0) is 9.42. The predicted molar refractivity (Wildman–Crippen MR) is 55.8 cm³/mol. The topological polar surface area (TPSA) is 52.1 Å². The number of nitrogens with two attached hydrogens (primary N) is 1. The highest BCUT2D eigenvalue weighted by Gasteiger charge is 2.16. The maximum atomic E-state index is 11.3. The van der Waals surface area contributed by atoms with E-state index in [2.05, 4.69) is 12.6 Å². The molecular formula is C9H10N2OS. The number of anilines is 1. The summed E-state index contributed by atoms with van der Waals surface area (Å²) < 4.78 is 0.877. The second-order valence-electron chi connectivity index (χ2n) is 3.09. The minimum Gasteiger partial charge on any atom is -0.619 e. The van der Waals surface area contributed by atoms with Crippen LogP contribution in [0.15, 0.2) is 17.0 Å². The SMILES string of the molecule is Nc1cc2c(cc1S)CCC=[N+]2[O-]. The third-order valence-electron chi connectivity index (χ3n) is 2.17. The number of nitrogens with zero attached hydrogens (tertiary/aromatic N) is 1. The Morgan fingerprint density at radius 3 is 3.00 bits per heavy atom. The van der Waals surface area contributed by atoms with Gasteiger partial charge in [0, 0.05) is 22.9 Å². The maximum absolute atomic E-state index is 11.3. The summed E-state index contributed by atoms with van der Waals surface area (Å²) in [6, 6.07) is 3.55. The van der Waals surface area contributed by atoms with Crippen LogP contribution in [0.2, 0.25) is 0 Å². The molecule has 3 nitrogen and oxygen atoms in total. The second-order valence-corrected chi connectivity index (χ2v) is 3.57. The molecule has 0 bridgehead atoms. The predicted octanol–water partition coefficient (Wildman–Crippen LogP) is 1.72. The summed E-state index contributed by atoms with van der Waals surface area (Å²) in [5.74, 6) is 0. The summed E-state index contributed by atoms with van der Waals surface area (Å²) in [6.45, 7) is 0. The lowest BCUT2D eigenvalue weighted by atomic mass is 10.0.